The fraction of sp³-hybridized carbons (Fsp3) is 0.188. The molecule has 0 saturated carbocycles. The lowest BCUT2D eigenvalue weighted by molar-refractivity contribution is 0.0597. The Kier molecular flexibility index (Phi) is 5.22. The molecule has 110 valence electrons. The van der Waals surface area contributed by atoms with Crippen LogP contribution in [-0.4, -0.2) is 20.2 Å². The minimum atomic E-state index is -0.379. The van der Waals surface area contributed by atoms with E-state index in [-0.39, 0.29) is 12.6 Å². The Bertz CT molecular complexity index is 623. The Morgan fingerprint density at radius 2 is 1.71 bits per heavy atom. The maximum absolute atomic E-state index is 11.7. The van der Waals surface area contributed by atoms with Crippen LogP contribution < -0.4 is 9.47 Å². The Labute approximate surface area is 131 Å². The van der Waals surface area contributed by atoms with Gasteiger partial charge in [0.2, 0.25) is 0 Å². The summed E-state index contributed by atoms with van der Waals surface area (Å²) in [4.78, 5) is 11.7. The number of ether oxygens (including phenoxy) is 3. The van der Waals surface area contributed by atoms with E-state index in [0.29, 0.717) is 11.3 Å². The largest absolute Gasteiger partial charge is 0.497 e. The lowest BCUT2D eigenvalue weighted by atomic mass is 10.1. The van der Waals surface area contributed by atoms with Crippen molar-refractivity contribution in [2.75, 3.05) is 14.2 Å². The first kappa shape index (κ1) is 15.4. The zero-order chi connectivity index (χ0) is 15.2. The van der Waals surface area contributed by atoms with Crippen molar-refractivity contribution in [1.82, 2.24) is 0 Å². The standard InChI is InChI=1S/C16H15BrO4/c1-19-13-4-6-14(7-5-13)21-10-11-9-12(17)3-8-15(11)16(18)20-2/h3-9H,10H2,1-2H3. The number of methoxy groups -OCH3 is 2. The van der Waals surface area contributed by atoms with Gasteiger partial charge in [0.1, 0.15) is 18.1 Å². The van der Waals surface area contributed by atoms with Gasteiger partial charge in [-0.1, -0.05) is 15.9 Å². The summed E-state index contributed by atoms with van der Waals surface area (Å²) in [6.07, 6.45) is 0. The Morgan fingerprint density at radius 1 is 1.05 bits per heavy atom. The second-order valence-corrected chi connectivity index (χ2v) is 5.17. The average molecular weight is 351 g/mol. The van der Waals surface area contributed by atoms with E-state index in [1.54, 1.807) is 19.2 Å². The van der Waals surface area contributed by atoms with Crippen molar-refractivity contribution >= 4 is 21.9 Å². The van der Waals surface area contributed by atoms with E-state index in [2.05, 4.69) is 15.9 Å². The molecule has 2 rings (SSSR count). The second kappa shape index (κ2) is 7.13. The van der Waals surface area contributed by atoms with E-state index >= 15 is 0 Å². The van der Waals surface area contributed by atoms with Gasteiger partial charge in [-0.15, -0.1) is 0 Å². The van der Waals surface area contributed by atoms with Gasteiger partial charge in [0.25, 0.3) is 0 Å². The van der Waals surface area contributed by atoms with Gasteiger partial charge in [-0.2, -0.15) is 0 Å². The van der Waals surface area contributed by atoms with Crippen molar-refractivity contribution in [2.45, 2.75) is 6.61 Å². The quantitative estimate of drug-likeness (QED) is 0.769. The number of esters is 1. The van der Waals surface area contributed by atoms with Crippen molar-refractivity contribution < 1.29 is 19.0 Å². The van der Waals surface area contributed by atoms with Crippen LogP contribution in [0.1, 0.15) is 15.9 Å². The van der Waals surface area contributed by atoms with E-state index in [1.165, 1.54) is 7.11 Å². The van der Waals surface area contributed by atoms with Crippen LogP contribution >= 0.6 is 15.9 Å². The monoisotopic (exact) mass is 350 g/mol. The fourth-order valence-electron chi connectivity index (χ4n) is 1.82. The number of benzene rings is 2. The first-order chi connectivity index (χ1) is 10.1. The third kappa shape index (κ3) is 3.98. The molecule has 0 radical (unpaired) electrons. The van der Waals surface area contributed by atoms with Crippen LogP contribution in [0.15, 0.2) is 46.9 Å². The first-order valence-corrected chi connectivity index (χ1v) is 7.07. The van der Waals surface area contributed by atoms with Crippen LogP contribution in [0.3, 0.4) is 0 Å². The van der Waals surface area contributed by atoms with Gasteiger partial charge >= 0.3 is 5.97 Å². The molecule has 0 amide bonds. The lowest BCUT2D eigenvalue weighted by Gasteiger charge is -2.11. The summed E-state index contributed by atoms with van der Waals surface area (Å²) < 4.78 is 16.4. The van der Waals surface area contributed by atoms with Gasteiger partial charge in [0, 0.05) is 10.0 Å². The summed E-state index contributed by atoms with van der Waals surface area (Å²) in [5, 5.41) is 0. The van der Waals surface area contributed by atoms with Crippen molar-refractivity contribution in [2.24, 2.45) is 0 Å². The summed E-state index contributed by atoms with van der Waals surface area (Å²) in [6, 6.07) is 12.6. The Balaban J connectivity index is 2.14. The van der Waals surface area contributed by atoms with E-state index in [4.69, 9.17) is 14.2 Å². The molecule has 0 fully saturated rings. The van der Waals surface area contributed by atoms with Crippen LogP contribution in [0, 0.1) is 0 Å². The van der Waals surface area contributed by atoms with Crippen molar-refractivity contribution in [1.29, 1.82) is 0 Å². The maximum Gasteiger partial charge on any atom is 0.338 e. The molecule has 2 aromatic carbocycles. The van der Waals surface area contributed by atoms with Gasteiger partial charge in [-0.3, -0.25) is 0 Å². The molecule has 0 aromatic heterocycles. The minimum Gasteiger partial charge on any atom is -0.497 e. The van der Waals surface area contributed by atoms with E-state index in [1.807, 2.05) is 30.3 Å². The highest BCUT2D eigenvalue weighted by Gasteiger charge is 2.12. The molecule has 0 aliphatic carbocycles. The van der Waals surface area contributed by atoms with Crippen molar-refractivity contribution in [3.05, 3.63) is 58.1 Å². The molecule has 2 aromatic rings. The molecule has 0 atom stereocenters. The van der Waals surface area contributed by atoms with Crippen LogP contribution in [0.25, 0.3) is 0 Å². The van der Waals surface area contributed by atoms with E-state index in [9.17, 15) is 4.79 Å². The molecule has 0 spiro atoms. The normalized spacial score (nSPS) is 10.0. The smallest absolute Gasteiger partial charge is 0.338 e. The fourth-order valence-corrected chi connectivity index (χ4v) is 2.23. The summed E-state index contributed by atoms with van der Waals surface area (Å²) >= 11 is 3.39. The summed E-state index contributed by atoms with van der Waals surface area (Å²) in [6.45, 7) is 0.274. The number of carbonyl (C=O) groups is 1. The molecule has 5 heteroatoms. The number of rotatable bonds is 5. The molecule has 0 unspecified atom stereocenters. The first-order valence-electron chi connectivity index (χ1n) is 6.27. The molecule has 21 heavy (non-hydrogen) atoms. The molecule has 0 saturated heterocycles. The molecule has 4 nitrogen and oxygen atoms in total. The molecule has 0 N–H and O–H groups in total. The van der Waals surface area contributed by atoms with Gasteiger partial charge in [0.05, 0.1) is 19.8 Å². The lowest BCUT2D eigenvalue weighted by Crippen LogP contribution is -2.08. The Hall–Kier alpha value is -2.01. The third-order valence-electron chi connectivity index (χ3n) is 2.93. The summed E-state index contributed by atoms with van der Waals surface area (Å²) in [5.41, 5.74) is 1.25. The summed E-state index contributed by atoms with van der Waals surface area (Å²) in [7, 11) is 2.97. The number of hydrogen-bond donors (Lipinski definition) is 0. The van der Waals surface area contributed by atoms with Crippen LogP contribution in [0.5, 0.6) is 11.5 Å². The summed E-state index contributed by atoms with van der Waals surface area (Å²) in [5.74, 6) is 1.09. The second-order valence-electron chi connectivity index (χ2n) is 4.26. The predicted molar refractivity (Wildman–Crippen MR) is 82.8 cm³/mol. The average Bonchev–Trinajstić information content (AvgIpc) is 2.52. The molecular weight excluding hydrogens is 336 g/mol. The maximum atomic E-state index is 11.7. The van der Waals surface area contributed by atoms with Gasteiger partial charge in [-0.05, 0) is 42.5 Å². The molecule has 0 aliphatic rings. The topological polar surface area (TPSA) is 44.8 Å². The van der Waals surface area contributed by atoms with Crippen molar-refractivity contribution in [3.63, 3.8) is 0 Å². The third-order valence-corrected chi connectivity index (χ3v) is 3.42. The Morgan fingerprint density at radius 3 is 2.33 bits per heavy atom. The molecule has 0 heterocycles. The number of carbonyl (C=O) groups excluding carboxylic acids is 1. The highest BCUT2D eigenvalue weighted by molar-refractivity contribution is 9.10. The van der Waals surface area contributed by atoms with E-state index < -0.39 is 0 Å². The SMILES string of the molecule is COC(=O)c1ccc(Br)cc1COc1ccc(OC)cc1. The van der Waals surface area contributed by atoms with Crippen LogP contribution in [-0.2, 0) is 11.3 Å². The van der Waals surface area contributed by atoms with E-state index in [0.717, 1.165) is 15.8 Å². The highest BCUT2D eigenvalue weighted by atomic mass is 79.9. The van der Waals surface area contributed by atoms with Gasteiger partial charge in [0.15, 0.2) is 0 Å². The minimum absolute atomic E-state index is 0.274. The van der Waals surface area contributed by atoms with Crippen molar-refractivity contribution in [3.8, 4) is 11.5 Å². The molecule has 0 bridgehead atoms. The number of halogens is 1. The highest BCUT2D eigenvalue weighted by Crippen LogP contribution is 2.21. The van der Waals surface area contributed by atoms with Crippen LogP contribution in [0.2, 0.25) is 0 Å². The zero-order valence-electron chi connectivity index (χ0n) is 11.8. The predicted octanol–water partition coefficient (Wildman–Crippen LogP) is 3.82. The van der Waals surface area contributed by atoms with Gasteiger partial charge < -0.3 is 14.2 Å². The molecule has 0 aliphatic heterocycles. The zero-order valence-corrected chi connectivity index (χ0v) is 13.3. The molecular formula is C16H15BrO4. The number of hydrogen-bond acceptors (Lipinski definition) is 4. The van der Waals surface area contributed by atoms with Crippen LogP contribution in [0.4, 0.5) is 0 Å². The van der Waals surface area contributed by atoms with Gasteiger partial charge in [-0.25, -0.2) is 4.79 Å².